The second-order valence-corrected chi connectivity index (χ2v) is 7.34. The molecule has 1 unspecified atom stereocenters. The fraction of sp³-hybridized carbons (Fsp3) is 0.412. The van der Waals surface area contributed by atoms with Gasteiger partial charge in [0.05, 0.1) is 17.7 Å². The van der Waals surface area contributed by atoms with E-state index >= 15 is 0 Å². The summed E-state index contributed by atoms with van der Waals surface area (Å²) in [6.45, 7) is 8.56. The number of hydrogen-bond donors (Lipinski definition) is 1. The van der Waals surface area contributed by atoms with E-state index < -0.39 is 0 Å². The molecule has 8 nitrogen and oxygen atoms in total. The highest BCUT2D eigenvalue weighted by molar-refractivity contribution is 8.00. The molecule has 3 heterocycles. The van der Waals surface area contributed by atoms with Gasteiger partial charge in [0.1, 0.15) is 5.82 Å². The maximum atomic E-state index is 12.6. The van der Waals surface area contributed by atoms with E-state index in [0.717, 1.165) is 0 Å². The minimum atomic E-state index is -0.343. The van der Waals surface area contributed by atoms with Crippen molar-refractivity contribution in [1.82, 2.24) is 24.5 Å². The Kier molecular flexibility index (Phi) is 5.46. The Morgan fingerprint density at radius 2 is 2.12 bits per heavy atom. The first kappa shape index (κ1) is 18.2. The van der Waals surface area contributed by atoms with Crippen LogP contribution in [-0.4, -0.2) is 35.7 Å². The third-order valence-electron chi connectivity index (χ3n) is 3.84. The molecule has 3 rings (SSSR count). The van der Waals surface area contributed by atoms with E-state index in [0.29, 0.717) is 29.1 Å². The third-order valence-corrected chi connectivity index (χ3v) is 4.92. The maximum absolute atomic E-state index is 12.6. The molecule has 3 aromatic rings. The summed E-state index contributed by atoms with van der Waals surface area (Å²) < 4.78 is 9.12. The second kappa shape index (κ2) is 7.77. The van der Waals surface area contributed by atoms with Crippen LogP contribution in [-0.2, 0) is 11.3 Å². The number of rotatable bonds is 7. The Morgan fingerprint density at radius 3 is 2.77 bits per heavy atom. The number of furan rings is 1. The SMILES string of the molecule is CCn1c(SC(C)C(=O)Nc2ccnn2C(C)C)nnc1-c1ccco1. The molecule has 9 heteroatoms. The molecule has 0 aromatic carbocycles. The largest absolute Gasteiger partial charge is 0.461 e. The van der Waals surface area contributed by atoms with Crippen LogP contribution < -0.4 is 5.32 Å². The van der Waals surface area contributed by atoms with Crippen LogP contribution in [0.5, 0.6) is 0 Å². The lowest BCUT2D eigenvalue weighted by molar-refractivity contribution is -0.115. The van der Waals surface area contributed by atoms with Crippen LogP contribution in [0.2, 0.25) is 0 Å². The number of carbonyl (C=O) groups is 1. The van der Waals surface area contributed by atoms with Crippen molar-refractivity contribution in [2.24, 2.45) is 0 Å². The average Bonchev–Trinajstić information content (AvgIpc) is 3.34. The molecule has 0 aliphatic heterocycles. The number of amides is 1. The van der Waals surface area contributed by atoms with E-state index in [1.54, 1.807) is 23.2 Å². The van der Waals surface area contributed by atoms with Crippen LogP contribution in [0, 0.1) is 0 Å². The maximum Gasteiger partial charge on any atom is 0.238 e. The van der Waals surface area contributed by atoms with Gasteiger partial charge in [0, 0.05) is 18.7 Å². The normalized spacial score (nSPS) is 12.5. The van der Waals surface area contributed by atoms with Crippen LogP contribution in [0.3, 0.4) is 0 Å². The van der Waals surface area contributed by atoms with Crippen LogP contribution >= 0.6 is 11.8 Å². The quantitative estimate of drug-likeness (QED) is 0.637. The van der Waals surface area contributed by atoms with E-state index in [1.165, 1.54) is 11.8 Å². The molecule has 0 fully saturated rings. The Balaban J connectivity index is 1.72. The van der Waals surface area contributed by atoms with E-state index in [9.17, 15) is 4.79 Å². The van der Waals surface area contributed by atoms with Crippen molar-refractivity contribution in [3.05, 3.63) is 30.7 Å². The summed E-state index contributed by atoms with van der Waals surface area (Å²) in [7, 11) is 0. The highest BCUT2D eigenvalue weighted by atomic mass is 32.2. The molecule has 3 aromatic heterocycles. The van der Waals surface area contributed by atoms with Gasteiger partial charge < -0.3 is 9.73 Å². The Labute approximate surface area is 156 Å². The number of thioether (sulfide) groups is 1. The first-order chi connectivity index (χ1) is 12.5. The summed E-state index contributed by atoms with van der Waals surface area (Å²) in [4.78, 5) is 12.6. The van der Waals surface area contributed by atoms with Crippen molar-refractivity contribution < 1.29 is 9.21 Å². The molecule has 0 radical (unpaired) electrons. The molecule has 1 N–H and O–H groups in total. The molecular formula is C17H22N6O2S. The van der Waals surface area contributed by atoms with Gasteiger partial charge in [0.25, 0.3) is 0 Å². The molecule has 138 valence electrons. The fourth-order valence-electron chi connectivity index (χ4n) is 2.51. The van der Waals surface area contributed by atoms with Gasteiger partial charge in [-0.15, -0.1) is 10.2 Å². The van der Waals surface area contributed by atoms with Crippen molar-refractivity contribution in [2.75, 3.05) is 5.32 Å². The summed E-state index contributed by atoms with van der Waals surface area (Å²) in [5.41, 5.74) is 0. The lowest BCUT2D eigenvalue weighted by atomic mass is 10.4. The highest BCUT2D eigenvalue weighted by Crippen LogP contribution is 2.27. The van der Waals surface area contributed by atoms with Crippen molar-refractivity contribution in [3.63, 3.8) is 0 Å². The molecule has 0 bridgehead atoms. The molecule has 1 atom stereocenters. The number of anilines is 1. The lowest BCUT2D eigenvalue weighted by Crippen LogP contribution is -2.25. The number of nitrogens with one attached hydrogen (secondary N) is 1. The van der Waals surface area contributed by atoms with Gasteiger partial charge >= 0.3 is 0 Å². The summed E-state index contributed by atoms with van der Waals surface area (Å²) >= 11 is 1.36. The Morgan fingerprint density at radius 1 is 1.31 bits per heavy atom. The molecular weight excluding hydrogens is 352 g/mol. The predicted molar refractivity (Wildman–Crippen MR) is 100.0 cm³/mol. The number of aromatic nitrogens is 5. The summed E-state index contributed by atoms with van der Waals surface area (Å²) in [6.07, 6.45) is 3.28. The first-order valence-corrected chi connectivity index (χ1v) is 9.37. The summed E-state index contributed by atoms with van der Waals surface area (Å²) in [5, 5.41) is 15.9. The van der Waals surface area contributed by atoms with Gasteiger partial charge in [-0.25, -0.2) is 4.68 Å². The van der Waals surface area contributed by atoms with Crippen molar-refractivity contribution in [1.29, 1.82) is 0 Å². The van der Waals surface area contributed by atoms with E-state index in [1.807, 2.05) is 44.4 Å². The van der Waals surface area contributed by atoms with Crippen LogP contribution in [0.25, 0.3) is 11.6 Å². The standard InChI is InChI=1S/C17H22N6O2S/c1-5-22-15(13-7-6-10-25-13)20-21-17(22)26-12(4)16(24)19-14-8-9-18-23(14)11(2)3/h6-12H,5H2,1-4H3,(H,19,24). The number of hydrogen-bond acceptors (Lipinski definition) is 6. The van der Waals surface area contributed by atoms with Gasteiger partial charge in [-0.2, -0.15) is 5.10 Å². The monoisotopic (exact) mass is 374 g/mol. The predicted octanol–water partition coefficient (Wildman–Crippen LogP) is 3.45. The van der Waals surface area contributed by atoms with Crippen molar-refractivity contribution >= 4 is 23.5 Å². The van der Waals surface area contributed by atoms with Gasteiger partial charge in [-0.3, -0.25) is 9.36 Å². The van der Waals surface area contributed by atoms with Crippen LogP contribution in [0.1, 0.15) is 33.7 Å². The molecule has 1 amide bonds. The second-order valence-electron chi connectivity index (χ2n) is 6.03. The van der Waals surface area contributed by atoms with E-state index in [2.05, 4.69) is 20.6 Å². The van der Waals surface area contributed by atoms with Gasteiger partial charge in [0.2, 0.25) is 5.91 Å². The average molecular weight is 374 g/mol. The Hall–Kier alpha value is -2.55. The van der Waals surface area contributed by atoms with E-state index in [4.69, 9.17) is 4.42 Å². The molecule has 0 aliphatic rings. The zero-order valence-corrected chi connectivity index (χ0v) is 16.0. The third kappa shape index (κ3) is 3.67. The molecule has 0 saturated heterocycles. The molecule has 0 spiro atoms. The molecule has 0 aliphatic carbocycles. The van der Waals surface area contributed by atoms with Crippen LogP contribution in [0.4, 0.5) is 5.82 Å². The van der Waals surface area contributed by atoms with Crippen molar-refractivity contribution in [2.45, 2.75) is 50.7 Å². The lowest BCUT2D eigenvalue weighted by Gasteiger charge is -2.15. The van der Waals surface area contributed by atoms with Gasteiger partial charge in [-0.1, -0.05) is 11.8 Å². The van der Waals surface area contributed by atoms with Gasteiger partial charge in [-0.05, 0) is 39.8 Å². The summed E-state index contributed by atoms with van der Waals surface area (Å²) in [6, 6.07) is 5.61. The zero-order valence-electron chi connectivity index (χ0n) is 15.2. The smallest absolute Gasteiger partial charge is 0.238 e. The fourth-order valence-corrected chi connectivity index (χ4v) is 3.43. The first-order valence-electron chi connectivity index (χ1n) is 8.49. The Bertz CT molecular complexity index is 868. The molecule has 26 heavy (non-hydrogen) atoms. The minimum absolute atomic E-state index is 0.109. The summed E-state index contributed by atoms with van der Waals surface area (Å²) in [5.74, 6) is 1.89. The molecule has 0 saturated carbocycles. The minimum Gasteiger partial charge on any atom is -0.461 e. The van der Waals surface area contributed by atoms with Gasteiger partial charge in [0.15, 0.2) is 16.7 Å². The zero-order chi connectivity index (χ0) is 18.7. The van der Waals surface area contributed by atoms with Crippen molar-refractivity contribution in [3.8, 4) is 11.6 Å². The highest BCUT2D eigenvalue weighted by Gasteiger charge is 2.22. The number of nitrogens with zero attached hydrogens (tertiary/aromatic N) is 5. The number of carbonyl (C=O) groups excluding carboxylic acids is 1. The van der Waals surface area contributed by atoms with Crippen LogP contribution in [0.15, 0.2) is 40.2 Å². The topological polar surface area (TPSA) is 90.8 Å². The van der Waals surface area contributed by atoms with E-state index in [-0.39, 0.29) is 17.2 Å².